The summed E-state index contributed by atoms with van der Waals surface area (Å²) in [6, 6.07) is 4.23. The smallest absolute Gasteiger partial charge is 0.339 e. The molecule has 128 valence electrons. The molecule has 24 heavy (non-hydrogen) atoms. The summed E-state index contributed by atoms with van der Waals surface area (Å²) in [7, 11) is 0. The molecule has 7 heteroatoms. The first-order chi connectivity index (χ1) is 11.6. The van der Waals surface area contributed by atoms with Gasteiger partial charge in [-0.1, -0.05) is 6.07 Å². The number of amides is 1. The topological polar surface area (TPSA) is 75.4 Å². The normalized spacial score (nSPS) is 15.6. The van der Waals surface area contributed by atoms with E-state index in [1.165, 1.54) is 11.1 Å². The Hall–Kier alpha value is -2.15. The summed E-state index contributed by atoms with van der Waals surface area (Å²) in [6.45, 7) is 3.19. The van der Waals surface area contributed by atoms with E-state index in [4.69, 9.17) is 5.11 Å². The second-order valence-corrected chi connectivity index (χ2v) is 7.12. The molecule has 1 amide bonds. The SMILES string of the molecule is Cc1c(C(=O)O)cnn1C1CCN(C(=O)CCc2cccs2)CC1. The third kappa shape index (κ3) is 3.51. The van der Waals surface area contributed by atoms with E-state index in [0.29, 0.717) is 25.2 Å². The fraction of sp³-hybridized carbons (Fsp3) is 0.471. The van der Waals surface area contributed by atoms with Crippen molar-refractivity contribution in [2.45, 2.75) is 38.6 Å². The van der Waals surface area contributed by atoms with E-state index in [1.54, 1.807) is 22.9 Å². The highest BCUT2D eigenvalue weighted by atomic mass is 32.1. The number of piperidine rings is 1. The molecular formula is C17H21N3O3S. The highest BCUT2D eigenvalue weighted by Gasteiger charge is 2.26. The maximum absolute atomic E-state index is 12.3. The van der Waals surface area contributed by atoms with Gasteiger partial charge in [-0.15, -0.1) is 11.3 Å². The number of rotatable bonds is 5. The van der Waals surface area contributed by atoms with Crippen LogP contribution in [0, 0.1) is 6.92 Å². The molecule has 1 saturated heterocycles. The molecule has 1 aliphatic heterocycles. The number of carboxylic acid groups (broad SMARTS) is 1. The zero-order valence-electron chi connectivity index (χ0n) is 13.6. The summed E-state index contributed by atoms with van der Waals surface area (Å²) in [5.41, 5.74) is 0.939. The highest BCUT2D eigenvalue weighted by molar-refractivity contribution is 7.09. The molecule has 6 nitrogen and oxygen atoms in total. The van der Waals surface area contributed by atoms with Gasteiger partial charge in [0.1, 0.15) is 5.56 Å². The van der Waals surface area contributed by atoms with E-state index in [-0.39, 0.29) is 17.5 Å². The average molecular weight is 347 g/mol. The molecule has 0 aliphatic carbocycles. The van der Waals surface area contributed by atoms with Crippen molar-refractivity contribution in [3.8, 4) is 0 Å². The van der Waals surface area contributed by atoms with Gasteiger partial charge < -0.3 is 10.0 Å². The van der Waals surface area contributed by atoms with Crippen molar-refractivity contribution in [1.29, 1.82) is 0 Å². The van der Waals surface area contributed by atoms with E-state index < -0.39 is 5.97 Å². The molecule has 0 unspecified atom stereocenters. The number of thiophene rings is 1. The monoisotopic (exact) mass is 347 g/mol. The van der Waals surface area contributed by atoms with Crippen LogP contribution in [0.1, 0.15) is 46.2 Å². The van der Waals surface area contributed by atoms with E-state index in [2.05, 4.69) is 11.2 Å². The number of hydrogen-bond donors (Lipinski definition) is 1. The summed E-state index contributed by atoms with van der Waals surface area (Å²) in [5.74, 6) is -0.745. The van der Waals surface area contributed by atoms with Gasteiger partial charge >= 0.3 is 5.97 Å². The summed E-state index contributed by atoms with van der Waals surface area (Å²) in [6.07, 6.45) is 4.39. The molecule has 3 rings (SSSR count). The second kappa shape index (κ2) is 7.17. The Morgan fingerprint density at radius 2 is 2.12 bits per heavy atom. The predicted octanol–water partition coefficient (Wildman–Crippen LogP) is 2.75. The number of likely N-dealkylation sites (tertiary alicyclic amines) is 1. The first-order valence-corrected chi connectivity index (χ1v) is 9.02. The van der Waals surface area contributed by atoms with E-state index in [1.807, 2.05) is 16.3 Å². The summed E-state index contributed by atoms with van der Waals surface area (Å²) >= 11 is 1.69. The second-order valence-electron chi connectivity index (χ2n) is 6.08. The Balaban J connectivity index is 1.54. The van der Waals surface area contributed by atoms with Crippen molar-refractivity contribution >= 4 is 23.2 Å². The largest absolute Gasteiger partial charge is 0.478 e. The quantitative estimate of drug-likeness (QED) is 0.902. The lowest BCUT2D eigenvalue weighted by molar-refractivity contribution is -0.132. The van der Waals surface area contributed by atoms with Crippen LogP contribution in [-0.4, -0.2) is 44.8 Å². The van der Waals surface area contributed by atoms with Gasteiger partial charge in [0, 0.05) is 24.4 Å². The lowest BCUT2D eigenvalue weighted by Gasteiger charge is -2.32. The fourth-order valence-corrected chi connectivity index (χ4v) is 3.91. The summed E-state index contributed by atoms with van der Waals surface area (Å²) < 4.78 is 1.80. The Kier molecular flexibility index (Phi) is 4.99. The highest BCUT2D eigenvalue weighted by Crippen LogP contribution is 2.25. The minimum Gasteiger partial charge on any atom is -0.478 e. The van der Waals surface area contributed by atoms with Gasteiger partial charge in [-0.2, -0.15) is 5.10 Å². The Morgan fingerprint density at radius 1 is 1.38 bits per heavy atom. The van der Waals surface area contributed by atoms with Crippen LogP contribution in [0.4, 0.5) is 0 Å². The van der Waals surface area contributed by atoms with Crippen molar-refractivity contribution in [2.75, 3.05) is 13.1 Å². The Morgan fingerprint density at radius 3 is 2.71 bits per heavy atom. The molecule has 0 bridgehead atoms. The summed E-state index contributed by atoms with van der Waals surface area (Å²) in [5, 5.41) is 15.4. The molecule has 2 aromatic rings. The van der Waals surface area contributed by atoms with E-state index in [0.717, 1.165) is 19.3 Å². The van der Waals surface area contributed by atoms with Gasteiger partial charge in [-0.3, -0.25) is 9.48 Å². The minimum absolute atomic E-state index is 0.166. The molecule has 0 saturated carbocycles. The summed E-state index contributed by atoms with van der Waals surface area (Å²) in [4.78, 5) is 26.6. The zero-order valence-corrected chi connectivity index (χ0v) is 14.5. The average Bonchev–Trinajstić information content (AvgIpc) is 3.22. The van der Waals surface area contributed by atoms with Gasteiger partial charge in [0.2, 0.25) is 5.91 Å². The number of carbonyl (C=O) groups excluding carboxylic acids is 1. The Labute approximate surface area is 144 Å². The molecule has 3 heterocycles. The fourth-order valence-electron chi connectivity index (χ4n) is 3.20. The molecule has 0 atom stereocenters. The predicted molar refractivity (Wildman–Crippen MR) is 91.4 cm³/mol. The standard InChI is InChI=1S/C17H21N3O3S/c1-12-15(17(22)23)11-18-20(12)13-6-8-19(9-7-13)16(21)5-4-14-3-2-10-24-14/h2-3,10-11,13H,4-9H2,1H3,(H,22,23). The van der Waals surface area contributed by atoms with Crippen LogP contribution in [0.5, 0.6) is 0 Å². The van der Waals surface area contributed by atoms with Crippen LogP contribution in [0.2, 0.25) is 0 Å². The van der Waals surface area contributed by atoms with E-state index >= 15 is 0 Å². The number of carbonyl (C=O) groups is 2. The number of aryl methyl sites for hydroxylation is 1. The number of aromatic nitrogens is 2. The van der Waals surface area contributed by atoms with Crippen molar-refractivity contribution in [3.05, 3.63) is 39.8 Å². The first kappa shape index (κ1) is 16.7. The number of hydrogen-bond acceptors (Lipinski definition) is 4. The lowest BCUT2D eigenvalue weighted by atomic mass is 10.0. The maximum Gasteiger partial charge on any atom is 0.339 e. The minimum atomic E-state index is -0.944. The van der Waals surface area contributed by atoms with Gasteiger partial charge in [-0.05, 0) is 37.6 Å². The van der Waals surface area contributed by atoms with Crippen LogP contribution in [0.3, 0.4) is 0 Å². The van der Waals surface area contributed by atoms with Crippen molar-refractivity contribution < 1.29 is 14.7 Å². The van der Waals surface area contributed by atoms with Gasteiger partial charge in [0.25, 0.3) is 0 Å². The van der Waals surface area contributed by atoms with Crippen LogP contribution in [0.15, 0.2) is 23.7 Å². The number of aromatic carboxylic acids is 1. The van der Waals surface area contributed by atoms with Crippen LogP contribution >= 0.6 is 11.3 Å². The van der Waals surface area contributed by atoms with Gasteiger partial charge in [0.15, 0.2) is 0 Å². The number of nitrogens with zero attached hydrogens (tertiary/aromatic N) is 3. The Bertz CT molecular complexity index is 716. The van der Waals surface area contributed by atoms with E-state index in [9.17, 15) is 9.59 Å². The zero-order chi connectivity index (χ0) is 17.1. The molecule has 0 radical (unpaired) electrons. The van der Waals surface area contributed by atoms with Crippen molar-refractivity contribution in [1.82, 2.24) is 14.7 Å². The molecule has 1 N–H and O–H groups in total. The van der Waals surface area contributed by atoms with Crippen molar-refractivity contribution in [2.24, 2.45) is 0 Å². The van der Waals surface area contributed by atoms with Crippen LogP contribution < -0.4 is 0 Å². The lowest BCUT2D eigenvalue weighted by Crippen LogP contribution is -2.39. The maximum atomic E-state index is 12.3. The van der Waals surface area contributed by atoms with Crippen LogP contribution in [0.25, 0.3) is 0 Å². The van der Waals surface area contributed by atoms with Crippen LogP contribution in [-0.2, 0) is 11.2 Å². The molecule has 1 fully saturated rings. The third-order valence-electron chi connectivity index (χ3n) is 4.60. The molecule has 1 aliphatic rings. The molecule has 0 spiro atoms. The molecule has 2 aromatic heterocycles. The molecule has 0 aromatic carbocycles. The molecular weight excluding hydrogens is 326 g/mol. The third-order valence-corrected chi connectivity index (χ3v) is 5.54. The van der Waals surface area contributed by atoms with Gasteiger partial charge in [-0.25, -0.2) is 4.79 Å². The first-order valence-electron chi connectivity index (χ1n) is 8.14. The number of carboxylic acids is 1. The van der Waals surface area contributed by atoms with Crippen molar-refractivity contribution in [3.63, 3.8) is 0 Å². The van der Waals surface area contributed by atoms with Gasteiger partial charge in [0.05, 0.1) is 17.9 Å².